The summed E-state index contributed by atoms with van der Waals surface area (Å²) < 4.78 is 0. The van der Waals surface area contributed by atoms with Gasteiger partial charge in [0.15, 0.2) is 0 Å². The van der Waals surface area contributed by atoms with Gasteiger partial charge in [-0.2, -0.15) is 0 Å². The standard InChI is InChI=1S/C15H18N2/c1-5-14-8-6-13(3)17-15(11-9-14)10-7-12(2)16-4/h5-11H,4H2,1-3H3/b8-6-,11-9-,12-7-,14-5-,15-10?,17-13-. The molecule has 2 heteroatoms. The molecule has 88 valence electrons. The van der Waals surface area contributed by atoms with Gasteiger partial charge in [0, 0.05) is 11.4 Å². The van der Waals surface area contributed by atoms with E-state index in [0.717, 1.165) is 17.1 Å². The minimum atomic E-state index is 0.877. The van der Waals surface area contributed by atoms with Crippen molar-refractivity contribution in [1.29, 1.82) is 0 Å². The molecule has 0 unspecified atom stereocenters. The summed E-state index contributed by atoms with van der Waals surface area (Å²) in [5, 5.41) is 0. The molecule has 0 fully saturated rings. The Morgan fingerprint density at radius 2 is 2.00 bits per heavy atom. The second-order valence-electron chi connectivity index (χ2n) is 3.77. The Labute approximate surface area is 103 Å². The van der Waals surface area contributed by atoms with Crippen LogP contribution in [0.5, 0.6) is 0 Å². The van der Waals surface area contributed by atoms with Crippen LogP contribution < -0.4 is 0 Å². The van der Waals surface area contributed by atoms with Crippen LogP contribution in [0.25, 0.3) is 0 Å². The number of hydrogen-bond acceptors (Lipinski definition) is 2. The summed E-state index contributed by atoms with van der Waals surface area (Å²) >= 11 is 0. The number of nitrogens with zero attached hydrogens (tertiary/aromatic N) is 2. The Kier molecular flexibility index (Phi) is 5.08. The number of aliphatic imine (C=N–C) groups is 2. The fourth-order valence-corrected chi connectivity index (χ4v) is 1.28. The van der Waals surface area contributed by atoms with E-state index < -0.39 is 0 Å². The van der Waals surface area contributed by atoms with Crippen molar-refractivity contribution in [3.05, 3.63) is 59.5 Å². The molecule has 2 nitrogen and oxygen atoms in total. The van der Waals surface area contributed by atoms with Gasteiger partial charge in [0.2, 0.25) is 0 Å². The maximum atomic E-state index is 4.48. The molecule has 0 saturated carbocycles. The third-order valence-corrected chi connectivity index (χ3v) is 2.35. The minimum Gasteiger partial charge on any atom is -0.269 e. The predicted octanol–water partition coefficient (Wildman–Crippen LogP) is 4.01. The van der Waals surface area contributed by atoms with Gasteiger partial charge in [-0.25, -0.2) is 0 Å². The number of rotatable bonds is 2. The van der Waals surface area contributed by atoms with Crippen molar-refractivity contribution in [3.8, 4) is 0 Å². The van der Waals surface area contributed by atoms with Crippen molar-refractivity contribution in [2.75, 3.05) is 0 Å². The molecule has 0 N–H and O–H groups in total. The van der Waals surface area contributed by atoms with Crippen molar-refractivity contribution in [2.24, 2.45) is 9.98 Å². The molecule has 0 spiro atoms. The maximum absolute atomic E-state index is 4.48. The third-order valence-electron chi connectivity index (χ3n) is 2.35. The van der Waals surface area contributed by atoms with Gasteiger partial charge in [-0.3, -0.25) is 9.98 Å². The van der Waals surface area contributed by atoms with E-state index in [1.54, 1.807) is 0 Å². The van der Waals surface area contributed by atoms with Crippen molar-refractivity contribution in [2.45, 2.75) is 20.8 Å². The summed E-state index contributed by atoms with van der Waals surface area (Å²) in [5.74, 6) is 0. The van der Waals surface area contributed by atoms with Crippen LogP contribution in [0.3, 0.4) is 0 Å². The van der Waals surface area contributed by atoms with Gasteiger partial charge >= 0.3 is 0 Å². The van der Waals surface area contributed by atoms with Crippen LogP contribution in [0.4, 0.5) is 0 Å². The molecule has 0 radical (unpaired) electrons. The van der Waals surface area contributed by atoms with Crippen LogP contribution >= 0.6 is 0 Å². The average molecular weight is 226 g/mol. The second-order valence-corrected chi connectivity index (χ2v) is 3.77. The lowest BCUT2D eigenvalue weighted by Crippen LogP contribution is -1.89. The molecule has 0 bridgehead atoms. The Bertz CT molecular complexity index is 469. The van der Waals surface area contributed by atoms with Crippen LogP contribution in [0.1, 0.15) is 20.8 Å². The molecule has 1 aliphatic heterocycles. The Morgan fingerprint density at radius 1 is 1.29 bits per heavy atom. The molecule has 0 saturated heterocycles. The zero-order valence-electron chi connectivity index (χ0n) is 10.6. The minimum absolute atomic E-state index is 0.877. The number of allylic oxidation sites excluding steroid dienone is 9. The summed E-state index contributed by atoms with van der Waals surface area (Å²) in [4.78, 5) is 8.31. The Morgan fingerprint density at radius 3 is 2.65 bits per heavy atom. The van der Waals surface area contributed by atoms with Crippen LogP contribution in [0.2, 0.25) is 0 Å². The fourth-order valence-electron chi connectivity index (χ4n) is 1.28. The Hall–Kier alpha value is -1.96. The van der Waals surface area contributed by atoms with Gasteiger partial charge in [-0.05, 0) is 57.4 Å². The van der Waals surface area contributed by atoms with Crippen LogP contribution in [0, 0.1) is 0 Å². The summed E-state index contributed by atoms with van der Waals surface area (Å²) in [7, 11) is 0. The highest BCUT2D eigenvalue weighted by Crippen LogP contribution is 2.10. The highest BCUT2D eigenvalue weighted by atomic mass is 14.7. The first kappa shape index (κ1) is 13.1. The molecular weight excluding hydrogens is 208 g/mol. The van der Waals surface area contributed by atoms with Crippen molar-refractivity contribution >= 4 is 12.4 Å². The normalized spacial score (nSPS) is 28.2. The lowest BCUT2D eigenvalue weighted by atomic mass is 10.1. The molecular formula is C15H18N2. The largest absolute Gasteiger partial charge is 0.269 e. The molecule has 1 aliphatic rings. The van der Waals surface area contributed by atoms with E-state index in [1.165, 1.54) is 5.57 Å². The third kappa shape index (κ3) is 4.60. The number of hydrogen-bond donors (Lipinski definition) is 0. The summed E-state index contributed by atoms with van der Waals surface area (Å²) in [6.07, 6.45) is 14.0. The Balaban J connectivity index is 3.08. The average Bonchev–Trinajstić information content (AvgIpc) is 2.32. The molecule has 0 aliphatic carbocycles. The second kappa shape index (κ2) is 6.59. The van der Waals surface area contributed by atoms with E-state index in [-0.39, 0.29) is 0 Å². The zero-order chi connectivity index (χ0) is 12.7. The van der Waals surface area contributed by atoms with Crippen molar-refractivity contribution in [1.82, 2.24) is 0 Å². The van der Waals surface area contributed by atoms with Crippen LogP contribution in [-0.4, -0.2) is 12.4 Å². The highest BCUT2D eigenvalue weighted by molar-refractivity contribution is 5.94. The van der Waals surface area contributed by atoms with E-state index in [9.17, 15) is 0 Å². The summed E-state index contributed by atoms with van der Waals surface area (Å²) in [6, 6.07) is 0. The van der Waals surface area contributed by atoms with E-state index in [4.69, 9.17) is 0 Å². The van der Waals surface area contributed by atoms with Crippen molar-refractivity contribution in [3.63, 3.8) is 0 Å². The van der Waals surface area contributed by atoms with Gasteiger partial charge in [0.25, 0.3) is 0 Å². The smallest absolute Gasteiger partial charge is 0.0633 e. The van der Waals surface area contributed by atoms with Crippen LogP contribution in [-0.2, 0) is 0 Å². The summed E-state index contributed by atoms with van der Waals surface area (Å²) in [5.41, 5.74) is 3.95. The SMILES string of the molecule is C=N/C(C)=C\C=C1\C=C/C(=C\C)/C=C\C(C)=N/1. The quantitative estimate of drug-likeness (QED) is 0.636. The highest BCUT2D eigenvalue weighted by Gasteiger charge is 1.95. The van der Waals surface area contributed by atoms with E-state index >= 15 is 0 Å². The van der Waals surface area contributed by atoms with E-state index in [0.29, 0.717) is 0 Å². The predicted molar refractivity (Wildman–Crippen MR) is 76.5 cm³/mol. The molecule has 0 aromatic heterocycles. The van der Waals surface area contributed by atoms with Gasteiger partial charge in [-0.15, -0.1) is 0 Å². The van der Waals surface area contributed by atoms with E-state index in [2.05, 4.69) is 28.9 Å². The molecule has 0 amide bonds. The molecule has 0 aromatic carbocycles. The molecule has 0 atom stereocenters. The van der Waals surface area contributed by atoms with Crippen molar-refractivity contribution < 1.29 is 0 Å². The first-order valence-electron chi connectivity index (χ1n) is 5.59. The van der Waals surface area contributed by atoms with Crippen LogP contribution in [0.15, 0.2) is 69.5 Å². The monoisotopic (exact) mass is 226 g/mol. The first-order chi connectivity index (χ1) is 8.15. The topological polar surface area (TPSA) is 24.7 Å². The molecule has 17 heavy (non-hydrogen) atoms. The molecule has 1 rings (SSSR count). The van der Waals surface area contributed by atoms with Gasteiger partial charge in [-0.1, -0.05) is 18.2 Å². The fraction of sp³-hybridized carbons (Fsp3) is 0.200. The first-order valence-corrected chi connectivity index (χ1v) is 5.59. The molecule has 1 heterocycles. The zero-order valence-corrected chi connectivity index (χ0v) is 10.6. The van der Waals surface area contributed by atoms with Gasteiger partial charge < -0.3 is 0 Å². The van der Waals surface area contributed by atoms with Gasteiger partial charge in [0.1, 0.15) is 0 Å². The lowest BCUT2D eigenvalue weighted by Gasteiger charge is -2.01. The van der Waals surface area contributed by atoms with Gasteiger partial charge in [0.05, 0.1) is 5.70 Å². The summed E-state index contributed by atoms with van der Waals surface area (Å²) in [6.45, 7) is 9.39. The molecule has 0 aromatic rings. The lowest BCUT2D eigenvalue weighted by molar-refractivity contribution is 1.31. The maximum Gasteiger partial charge on any atom is 0.0633 e. The van der Waals surface area contributed by atoms with E-state index in [1.807, 2.05) is 51.2 Å².